The van der Waals surface area contributed by atoms with Gasteiger partial charge in [-0.3, -0.25) is 0 Å². The molecule has 1 aliphatic carbocycles. The quantitative estimate of drug-likeness (QED) is 0.702. The Morgan fingerprint density at radius 2 is 2.11 bits per heavy atom. The summed E-state index contributed by atoms with van der Waals surface area (Å²) in [6.07, 6.45) is 7.80. The van der Waals surface area contributed by atoms with Gasteiger partial charge in [-0.05, 0) is 25.2 Å². The molecule has 1 fully saturated rings. The highest BCUT2D eigenvalue weighted by Crippen LogP contribution is 2.28. The molecule has 0 aliphatic heterocycles. The monoisotopic (exact) mass is 257 g/mol. The summed E-state index contributed by atoms with van der Waals surface area (Å²) in [6.45, 7) is 7.46. The number of hydrogen-bond acceptors (Lipinski definition) is 3. The molecule has 3 atom stereocenters. The van der Waals surface area contributed by atoms with E-state index in [-0.39, 0.29) is 12.6 Å². The van der Waals surface area contributed by atoms with Crippen LogP contribution in [0.1, 0.15) is 59.3 Å². The van der Waals surface area contributed by atoms with E-state index < -0.39 is 0 Å². The number of aliphatic hydroxyl groups excluding tert-OH is 1. The van der Waals surface area contributed by atoms with Gasteiger partial charge in [-0.1, -0.05) is 40.0 Å². The third-order valence-electron chi connectivity index (χ3n) is 3.92. The summed E-state index contributed by atoms with van der Waals surface area (Å²) in [5, 5.41) is 12.6. The minimum atomic E-state index is 0.176. The van der Waals surface area contributed by atoms with Crippen molar-refractivity contribution in [3.05, 3.63) is 0 Å². The lowest BCUT2D eigenvalue weighted by Crippen LogP contribution is -2.38. The van der Waals surface area contributed by atoms with Crippen LogP contribution in [0.2, 0.25) is 0 Å². The predicted molar refractivity (Wildman–Crippen MR) is 75.8 cm³/mol. The van der Waals surface area contributed by atoms with Crippen molar-refractivity contribution in [3.63, 3.8) is 0 Å². The normalized spacial score (nSPS) is 26.5. The van der Waals surface area contributed by atoms with Gasteiger partial charge in [0.15, 0.2) is 0 Å². The summed E-state index contributed by atoms with van der Waals surface area (Å²) in [6, 6.07) is 0.594. The Kier molecular flexibility index (Phi) is 7.87. The first kappa shape index (κ1) is 15.9. The Hall–Kier alpha value is -0.120. The van der Waals surface area contributed by atoms with Crippen LogP contribution in [0.4, 0.5) is 0 Å². The Labute approximate surface area is 112 Å². The molecule has 0 bridgehead atoms. The van der Waals surface area contributed by atoms with Gasteiger partial charge in [0.25, 0.3) is 0 Å². The molecule has 0 aromatic heterocycles. The van der Waals surface area contributed by atoms with Crippen LogP contribution in [0.5, 0.6) is 0 Å². The highest BCUT2D eigenvalue weighted by Gasteiger charge is 2.21. The summed E-state index contributed by atoms with van der Waals surface area (Å²) < 4.78 is 5.98. The molecule has 3 unspecified atom stereocenters. The zero-order valence-corrected chi connectivity index (χ0v) is 12.3. The minimum Gasteiger partial charge on any atom is -0.395 e. The molecule has 1 aliphatic rings. The Bertz CT molecular complexity index is 209. The van der Waals surface area contributed by atoms with Crippen LogP contribution < -0.4 is 5.32 Å². The van der Waals surface area contributed by atoms with Crippen molar-refractivity contribution >= 4 is 0 Å². The molecule has 3 nitrogen and oxygen atoms in total. The van der Waals surface area contributed by atoms with Crippen molar-refractivity contribution in [1.29, 1.82) is 0 Å². The van der Waals surface area contributed by atoms with Crippen LogP contribution in [0.15, 0.2) is 0 Å². The van der Waals surface area contributed by atoms with Gasteiger partial charge in [0.2, 0.25) is 0 Å². The van der Waals surface area contributed by atoms with Crippen molar-refractivity contribution in [2.75, 3.05) is 13.2 Å². The SMILES string of the molecule is CCC1CCCC(OCCC(CO)NC(C)C)C1. The average molecular weight is 257 g/mol. The van der Waals surface area contributed by atoms with Gasteiger partial charge in [-0.25, -0.2) is 0 Å². The van der Waals surface area contributed by atoms with E-state index in [2.05, 4.69) is 26.1 Å². The molecule has 0 spiro atoms. The van der Waals surface area contributed by atoms with Gasteiger partial charge >= 0.3 is 0 Å². The van der Waals surface area contributed by atoms with E-state index in [1.54, 1.807) is 0 Å². The lowest BCUT2D eigenvalue weighted by Gasteiger charge is -2.29. The molecular weight excluding hydrogens is 226 g/mol. The molecule has 1 rings (SSSR count). The third kappa shape index (κ3) is 6.17. The molecular formula is C15H31NO2. The van der Waals surface area contributed by atoms with Crippen LogP contribution in [-0.4, -0.2) is 36.5 Å². The van der Waals surface area contributed by atoms with E-state index in [1.807, 2.05) is 0 Å². The first-order valence-electron chi connectivity index (χ1n) is 7.64. The largest absolute Gasteiger partial charge is 0.395 e. The number of ether oxygens (including phenoxy) is 1. The van der Waals surface area contributed by atoms with Crippen molar-refractivity contribution in [1.82, 2.24) is 5.32 Å². The zero-order chi connectivity index (χ0) is 13.4. The van der Waals surface area contributed by atoms with Crippen molar-refractivity contribution < 1.29 is 9.84 Å². The van der Waals surface area contributed by atoms with Crippen LogP contribution in [0.25, 0.3) is 0 Å². The van der Waals surface area contributed by atoms with Gasteiger partial charge in [-0.2, -0.15) is 0 Å². The van der Waals surface area contributed by atoms with E-state index in [0.29, 0.717) is 12.1 Å². The van der Waals surface area contributed by atoms with Crippen molar-refractivity contribution in [2.24, 2.45) is 5.92 Å². The van der Waals surface area contributed by atoms with Gasteiger partial charge in [0, 0.05) is 18.7 Å². The van der Waals surface area contributed by atoms with Crippen molar-refractivity contribution in [3.8, 4) is 0 Å². The number of rotatable bonds is 8. The van der Waals surface area contributed by atoms with Crippen molar-refractivity contribution in [2.45, 2.75) is 77.5 Å². The van der Waals surface area contributed by atoms with Crippen LogP contribution in [0.3, 0.4) is 0 Å². The maximum atomic E-state index is 9.27. The lowest BCUT2D eigenvalue weighted by molar-refractivity contribution is 0.00583. The summed E-state index contributed by atoms with van der Waals surface area (Å²) in [5.74, 6) is 0.867. The highest BCUT2D eigenvalue weighted by atomic mass is 16.5. The summed E-state index contributed by atoms with van der Waals surface area (Å²) in [4.78, 5) is 0. The van der Waals surface area contributed by atoms with Crippen LogP contribution in [-0.2, 0) is 4.74 Å². The van der Waals surface area contributed by atoms with E-state index in [9.17, 15) is 5.11 Å². The molecule has 0 aromatic rings. The third-order valence-corrected chi connectivity index (χ3v) is 3.92. The lowest BCUT2D eigenvalue weighted by atomic mass is 9.85. The highest BCUT2D eigenvalue weighted by molar-refractivity contribution is 4.73. The maximum absolute atomic E-state index is 9.27. The molecule has 108 valence electrons. The second-order valence-corrected chi connectivity index (χ2v) is 5.92. The first-order chi connectivity index (χ1) is 8.65. The fraction of sp³-hybridized carbons (Fsp3) is 1.00. The Morgan fingerprint density at radius 3 is 2.72 bits per heavy atom. The molecule has 0 aromatic carbocycles. The van der Waals surface area contributed by atoms with E-state index in [4.69, 9.17) is 4.74 Å². The van der Waals surface area contributed by atoms with Gasteiger partial charge in [0.05, 0.1) is 12.7 Å². The second-order valence-electron chi connectivity index (χ2n) is 5.92. The van der Waals surface area contributed by atoms with E-state index in [1.165, 1.54) is 32.1 Å². The van der Waals surface area contributed by atoms with Gasteiger partial charge in [0.1, 0.15) is 0 Å². The molecule has 3 heteroatoms. The second kappa shape index (κ2) is 8.89. The molecule has 18 heavy (non-hydrogen) atoms. The molecule has 0 saturated heterocycles. The first-order valence-corrected chi connectivity index (χ1v) is 7.64. The number of hydrogen-bond donors (Lipinski definition) is 2. The summed E-state index contributed by atoms with van der Waals surface area (Å²) >= 11 is 0. The fourth-order valence-corrected chi connectivity index (χ4v) is 2.84. The fourth-order valence-electron chi connectivity index (χ4n) is 2.84. The van der Waals surface area contributed by atoms with E-state index in [0.717, 1.165) is 18.9 Å². The summed E-state index contributed by atoms with van der Waals surface area (Å²) in [5.41, 5.74) is 0. The summed E-state index contributed by atoms with van der Waals surface area (Å²) in [7, 11) is 0. The van der Waals surface area contributed by atoms with Gasteiger partial charge in [-0.15, -0.1) is 0 Å². The zero-order valence-electron chi connectivity index (χ0n) is 12.3. The number of nitrogens with one attached hydrogen (secondary N) is 1. The standard InChI is InChI=1S/C15H31NO2/c1-4-13-6-5-7-15(10-13)18-9-8-14(11-17)16-12(2)3/h12-17H,4-11H2,1-3H3. The smallest absolute Gasteiger partial charge is 0.0585 e. The average Bonchev–Trinajstić information content (AvgIpc) is 2.37. The minimum absolute atomic E-state index is 0.176. The maximum Gasteiger partial charge on any atom is 0.0585 e. The van der Waals surface area contributed by atoms with Crippen LogP contribution in [0, 0.1) is 5.92 Å². The molecule has 1 saturated carbocycles. The molecule has 2 N–H and O–H groups in total. The predicted octanol–water partition coefficient (Wildman–Crippen LogP) is 2.72. The van der Waals surface area contributed by atoms with E-state index >= 15 is 0 Å². The molecule has 0 heterocycles. The van der Waals surface area contributed by atoms with Gasteiger partial charge < -0.3 is 15.2 Å². The topological polar surface area (TPSA) is 41.5 Å². The molecule has 0 amide bonds. The Morgan fingerprint density at radius 1 is 1.33 bits per heavy atom. The number of aliphatic hydroxyl groups is 1. The molecule has 0 radical (unpaired) electrons. The van der Waals surface area contributed by atoms with Crippen LogP contribution >= 0.6 is 0 Å². The Balaban J connectivity index is 2.15.